The summed E-state index contributed by atoms with van der Waals surface area (Å²) in [6.45, 7) is 9.05. The van der Waals surface area contributed by atoms with Crippen molar-refractivity contribution in [3.05, 3.63) is 24.2 Å². The molecule has 0 aliphatic carbocycles. The van der Waals surface area contributed by atoms with Gasteiger partial charge < -0.3 is 14.2 Å². The van der Waals surface area contributed by atoms with E-state index in [4.69, 9.17) is 4.74 Å². The van der Waals surface area contributed by atoms with E-state index < -0.39 is 5.60 Å². The van der Waals surface area contributed by atoms with Crippen molar-refractivity contribution >= 4 is 23.0 Å². The van der Waals surface area contributed by atoms with E-state index in [2.05, 4.69) is 9.97 Å². The molecule has 140 valence electrons. The van der Waals surface area contributed by atoms with Crippen LogP contribution in [0.15, 0.2) is 18.3 Å². The maximum Gasteiger partial charge on any atom is 0.410 e. The molecule has 3 rings (SSSR count). The van der Waals surface area contributed by atoms with Crippen molar-refractivity contribution in [2.75, 3.05) is 13.1 Å². The second kappa shape index (κ2) is 7.05. The van der Waals surface area contributed by atoms with E-state index in [1.165, 1.54) is 6.92 Å². The molecule has 1 aliphatic rings. The number of carbonyl (C=O) groups excluding carboxylic acids is 2. The Labute approximate surface area is 153 Å². The largest absolute Gasteiger partial charge is 0.444 e. The summed E-state index contributed by atoms with van der Waals surface area (Å²) in [5.74, 6) is 0.574. The molecule has 1 amide bonds. The van der Waals surface area contributed by atoms with E-state index >= 15 is 0 Å². The third-order valence-electron chi connectivity index (χ3n) is 4.43. The molecule has 26 heavy (non-hydrogen) atoms. The summed E-state index contributed by atoms with van der Waals surface area (Å²) >= 11 is 0. The molecule has 0 spiro atoms. The molecule has 1 unspecified atom stereocenters. The first-order valence-electron chi connectivity index (χ1n) is 9.05. The van der Waals surface area contributed by atoms with Crippen molar-refractivity contribution in [3.8, 4) is 0 Å². The number of piperidine rings is 1. The number of hydrogen-bond acceptors (Lipinski definition) is 5. The summed E-state index contributed by atoms with van der Waals surface area (Å²) in [4.78, 5) is 35.0. The molecule has 0 saturated carbocycles. The smallest absolute Gasteiger partial charge is 0.410 e. The highest BCUT2D eigenvalue weighted by Gasteiger charge is 2.29. The molecule has 0 N–H and O–H groups in total. The minimum Gasteiger partial charge on any atom is -0.444 e. The van der Waals surface area contributed by atoms with Gasteiger partial charge in [-0.1, -0.05) is 0 Å². The van der Waals surface area contributed by atoms with Gasteiger partial charge in [0.05, 0.1) is 0 Å². The summed E-state index contributed by atoms with van der Waals surface area (Å²) in [6.07, 6.45) is 3.34. The standard InChI is InChI=1S/C19H26N4O3/c1-13(24)16-21-15-8-5-9-20-17(15)23(16)12-14-7-6-10-22(11-14)18(25)26-19(2,3)4/h5,8-9,14H,6-7,10-12H2,1-4H3. The Kier molecular flexibility index (Phi) is 4.98. The van der Waals surface area contributed by atoms with Crippen LogP contribution in [-0.2, 0) is 11.3 Å². The second-order valence-corrected chi connectivity index (χ2v) is 7.88. The number of carbonyl (C=O) groups is 2. The molecular weight excluding hydrogens is 332 g/mol. The lowest BCUT2D eigenvalue weighted by Gasteiger charge is -2.34. The lowest BCUT2D eigenvalue weighted by atomic mass is 9.98. The van der Waals surface area contributed by atoms with Gasteiger partial charge in [-0.05, 0) is 51.7 Å². The Bertz CT molecular complexity index is 822. The average molecular weight is 358 g/mol. The van der Waals surface area contributed by atoms with Gasteiger partial charge in [-0.3, -0.25) is 4.79 Å². The van der Waals surface area contributed by atoms with Gasteiger partial charge in [0, 0.05) is 32.8 Å². The first-order valence-corrected chi connectivity index (χ1v) is 9.05. The minimum atomic E-state index is -0.504. The Morgan fingerprint density at radius 3 is 2.81 bits per heavy atom. The van der Waals surface area contributed by atoms with Crippen LogP contribution in [0.1, 0.15) is 51.2 Å². The number of nitrogens with zero attached hydrogens (tertiary/aromatic N) is 4. The molecule has 2 aromatic heterocycles. The molecule has 7 heteroatoms. The Balaban J connectivity index is 1.79. The Morgan fingerprint density at radius 1 is 1.35 bits per heavy atom. The van der Waals surface area contributed by atoms with E-state index in [1.54, 1.807) is 11.1 Å². The molecule has 1 aliphatic heterocycles. The summed E-state index contributed by atoms with van der Waals surface area (Å²) in [5, 5.41) is 0. The molecule has 0 bridgehead atoms. The number of likely N-dealkylation sites (tertiary alicyclic amines) is 1. The number of rotatable bonds is 3. The van der Waals surface area contributed by atoms with Gasteiger partial charge in [-0.2, -0.15) is 0 Å². The fourth-order valence-electron chi connectivity index (χ4n) is 3.36. The van der Waals surface area contributed by atoms with Gasteiger partial charge in [0.1, 0.15) is 11.1 Å². The Morgan fingerprint density at radius 2 is 2.12 bits per heavy atom. The van der Waals surface area contributed by atoms with Crippen LogP contribution in [0.4, 0.5) is 4.79 Å². The zero-order valence-electron chi connectivity index (χ0n) is 15.9. The fourth-order valence-corrected chi connectivity index (χ4v) is 3.36. The van der Waals surface area contributed by atoms with Gasteiger partial charge in [0.15, 0.2) is 17.3 Å². The lowest BCUT2D eigenvalue weighted by molar-refractivity contribution is 0.0157. The number of ether oxygens (including phenoxy) is 1. The van der Waals surface area contributed by atoms with Gasteiger partial charge in [-0.15, -0.1) is 0 Å². The third kappa shape index (κ3) is 4.03. The lowest BCUT2D eigenvalue weighted by Crippen LogP contribution is -2.43. The second-order valence-electron chi connectivity index (χ2n) is 7.88. The molecule has 0 radical (unpaired) electrons. The van der Waals surface area contributed by atoms with Crippen LogP contribution in [0.3, 0.4) is 0 Å². The van der Waals surface area contributed by atoms with Crippen molar-refractivity contribution in [3.63, 3.8) is 0 Å². The van der Waals surface area contributed by atoms with E-state index in [-0.39, 0.29) is 17.8 Å². The number of fused-ring (bicyclic) bond motifs is 1. The first kappa shape index (κ1) is 18.4. The quantitative estimate of drug-likeness (QED) is 0.787. The minimum absolute atomic E-state index is 0.0807. The van der Waals surface area contributed by atoms with Crippen molar-refractivity contribution in [2.45, 2.75) is 52.7 Å². The predicted octanol–water partition coefficient (Wildman–Crippen LogP) is 3.28. The van der Waals surface area contributed by atoms with Gasteiger partial charge in [0.2, 0.25) is 0 Å². The molecule has 3 heterocycles. The summed E-state index contributed by atoms with van der Waals surface area (Å²) < 4.78 is 7.38. The van der Waals surface area contributed by atoms with Gasteiger partial charge in [0.25, 0.3) is 0 Å². The highest BCUT2D eigenvalue weighted by molar-refractivity contribution is 5.94. The maximum atomic E-state index is 12.4. The van der Waals surface area contributed by atoms with Crippen molar-refractivity contribution in [1.29, 1.82) is 0 Å². The normalized spacial score (nSPS) is 18.2. The number of imidazole rings is 1. The fraction of sp³-hybridized carbons (Fsp3) is 0.579. The summed E-state index contributed by atoms with van der Waals surface area (Å²) in [6, 6.07) is 3.67. The number of aromatic nitrogens is 3. The number of ketones is 1. The highest BCUT2D eigenvalue weighted by Crippen LogP contribution is 2.23. The molecule has 1 fully saturated rings. The van der Waals surface area contributed by atoms with E-state index in [9.17, 15) is 9.59 Å². The van der Waals surface area contributed by atoms with Crippen LogP contribution in [0.5, 0.6) is 0 Å². The molecule has 7 nitrogen and oxygen atoms in total. The molecular formula is C19H26N4O3. The highest BCUT2D eigenvalue weighted by atomic mass is 16.6. The average Bonchev–Trinajstić information content (AvgIpc) is 2.93. The van der Waals surface area contributed by atoms with E-state index in [1.807, 2.05) is 37.5 Å². The number of hydrogen-bond donors (Lipinski definition) is 0. The van der Waals surface area contributed by atoms with Crippen molar-refractivity contribution in [1.82, 2.24) is 19.4 Å². The number of Topliss-reactive ketones (excluding diaryl/α,β-unsaturated/α-hetero) is 1. The molecule has 1 saturated heterocycles. The first-order chi connectivity index (χ1) is 12.2. The van der Waals surface area contributed by atoms with Crippen molar-refractivity contribution < 1.29 is 14.3 Å². The van der Waals surface area contributed by atoms with Crippen LogP contribution in [0, 0.1) is 5.92 Å². The molecule has 2 aromatic rings. The van der Waals surface area contributed by atoms with Crippen molar-refractivity contribution in [2.24, 2.45) is 5.92 Å². The topological polar surface area (TPSA) is 77.3 Å². The van der Waals surface area contributed by atoms with E-state index in [0.29, 0.717) is 31.1 Å². The van der Waals surface area contributed by atoms with Gasteiger partial charge >= 0.3 is 6.09 Å². The third-order valence-corrected chi connectivity index (χ3v) is 4.43. The zero-order chi connectivity index (χ0) is 18.9. The Hall–Kier alpha value is -2.44. The zero-order valence-corrected chi connectivity index (χ0v) is 15.9. The van der Waals surface area contributed by atoms with Crippen LogP contribution < -0.4 is 0 Å². The molecule has 1 atom stereocenters. The monoisotopic (exact) mass is 358 g/mol. The summed E-state index contributed by atoms with van der Waals surface area (Å²) in [7, 11) is 0. The van der Waals surface area contributed by atoms with Crippen LogP contribution >= 0.6 is 0 Å². The maximum absolute atomic E-state index is 12.4. The predicted molar refractivity (Wildman–Crippen MR) is 98.1 cm³/mol. The number of amides is 1. The van der Waals surface area contributed by atoms with Crippen LogP contribution in [0.25, 0.3) is 11.2 Å². The van der Waals surface area contributed by atoms with E-state index in [0.717, 1.165) is 18.4 Å². The SMILES string of the molecule is CC(=O)c1nc2cccnc2n1CC1CCCN(C(=O)OC(C)(C)C)C1. The molecule has 0 aromatic carbocycles. The van der Waals surface area contributed by atoms with Crippen LogP contribution in [0.2, 0.25) is 0 Å². The van der Waals surface area contributed by atoms with Crippen LogP contribution in [-0.4, -0.2) is 50.0 Å². The van der Waals surface area contributed by atoms with Gasteiger partial charge in [-0.25, -0.2) is 14.8 Å². The summed E-state index contributed by atoms with van der Waals surface area (Å²) in [5.41, 5.74) is 0.931. The number of pyridine rings is 1.